The van der Waals surface area contributed by atoms with Crippen LogP contribution < -0.4 is 0 Å². The Balaban J connectivity index is 2.62. The first kappa shape index (κ1) is 13.5. The topological polar surface area (TPSA) is 23.6 Å². The van der Waals surface area contributed by atoms with E-state index in [1.807, 2.05) is 25.7 Å². The number of carbonyl (C=O) groups is 1. The summed E-state index contributed by atoms with van der Waals surface area (Å²) in [5.41, 5.74) is -0.245. The maximum absolute atomic E-state index is 12.2. The quantitative estimate of drug-likeness (QED) is 0.681. The second kappa shape index (κ2) is 4.74. The van der Waals surface area contributed by atoms with Gasteiger partial charge in [-0.15, -0.1) is 0 Å². The van der Waals surface area contributed by atoms with Crippen LogP contribution in [0.2, 0.25) is 0 Å². The van der Waals surface area contributed by atoms with Crippen molar-refractivity contribution in [3.63, 3.8) is 0 Å². The zero-order chi connectivity index (χ0) is 12.5. The van der Waals surface area contributed by atoms with Crippen molar-refractivity contribution in [2.45, 2.75) is 40.2 Å². The van der Waals surface area contributed by atoms with Crippen molar-refractivity contribution in [3.05, 3.63) is 0 Å². The second-order valence-corrected chi connectivity index (χ2v) is 6.30. The highest BCUT2D eigenvalue weighted by atomic mass is 16.2. The van der Waals surface area contributed by atoms with Crippen molar-refractivity contribution in [1.29, 1.82) is 0 Å². The van der Waals surface area contributed by atoms with E-state index in [4.69, 9.17) is 0 Å². The van der Waals surface area contributed by atoms with E-state index in [1.165, 1.54) is 0 Å². The lowest BCUT2D eigenvalue weighted by atomic mass is 9.89. The molecule has 3 nitrogen and oxygen atoms in total. The number of hydrogen-bond acceptors (Lipinski definition) is 2. The molecule has 1 aliphatic heterocycles. The highest BCUT2D eigenvalue weighted by Gasteiger charge is 2.34. The molecule has 16 heavy (non-hydrogen) atoms. The van der Waals surface area contributed by atoms with E-state index < -0.39 is 0 Å². The van der Waals surface area contributed by atoms with Crippen LogP contribution >= 0.6 is 0 Å². The predicted octanol–water partition coefficient (Wildman–Crippen LogP) is 1.83. The monoisotopic (exact) mass is 226 g/mol. The lowest BCUT2D eigenvalue weighted by Gasteiger charge is -2.42. The molecule has 3 heteroatoms. The van der Waals surface area contributed by atoms with Crippen molar-refractivity contribution in [2.24, 2.45) is 11.3 Å². The van der Waals surface area contributed by atoms with Gasteiger partial charge in [0.05, 0.1) is 0 Å². The second-order valence-electron chi connectivity index (χ2n) is 6.30. The minimum atomic E-state index is -0.245. The molecule has 0 spiro atoms. The van der Waals surface area contributed by atoms with Crippen LogP contribution in [0.15, 0.2) is 0 Å². The summed E-state index contributed by atoms with van der Waals surface area (Å²) in [6.07, 6.45) is 1.09. The molecule has 94 valence electrons. The Bertz CT molecular complexity index is 255. The summed E-state index contributed by atoms with van der Waals surface area (Å²) in [7, 11) is 4.25. The summed E-state index contributed by atoms with van der Waals surface area (Å²) in [6, 6.07) is 0.615. The Hall–Kier alpha value is -0.570. The molecule has 0 aliphatic carbocycles. The van der Waals surface area contributed by atoms with Gasteiger partial charge in [0.2, 0.25) is 5.91 Å². The Labute approximate surface area is 99.8 Å². The number of carbonyl (C=O) groups excluding carboxylic acids is 1. The van der Waals surface area contributed by atoms with Gasteiger partial charge in [-0.25, -0.2) is 0 Å². The van der Waals surface area contributed by atoms with Gasteiger partial charge in [0.1, 0.15) is 0 Å². The highest BCUT2D eigenvalue weighted by Crippen LogP contribution is 2.25. The molecule has 1 fully saturated rings. The number of piperidine rings is 1. The normalized spacial score (nSPS) is 27.3. The van der Waals surface area contributed by atoms with E-state index in [0.717, 1.165) is 19.5 Å². The van der Waals surface area contributed by atoms with E-state index >= 15 is 0 Å². The molecule has 1 rings (SSSR count). The van der Waals surface area contributed by atoms with Gasteiger partial charge >= 0.3 is 0 Å². The van der Waals surface area contributed by atoms with Gasteiger partial charge in [-0.05, 0) is 26.4 Å². The van der Waals surface area contributed by atoms with E-state index in [9.17, 15) is 4.79 Å². The largest absolute Gasteiger partial charge is 0.342 e. The summed E-state index contributed by atoms with van der Waals surface area (Å²) in [6.45, 7) is 10.0. The van der Waals surface area contributed by atoms with Gasteiger partial charge in [-0.2, -0.15) is 0 Å². The van der Waals surface area contributed by atoms with E-state index in [0.29, 0.717) is 12.0 Å². The van der Waals surface area contributed by atoms with Crippen LogP contribution in [0.5, 0.6) is 0 Å². The first-order valence-corrected chi connectivity index (χ1v) is 6.19. The van der Waals surface area contributed by atoms with E-state index in [-0.39, 0.29) is 11.3 Å². The minimum Gasteiger partial charge on any atom is -0.342 e. The Morgan fingerprint density at radius 1 is 1.31 bits per heavy atom. The average Bonchev–Trinajstić information content (AvgIpc) is 2.14. The van der Waals surface area contributed by atoms with Gasteiger partial charge in [0.15, 0.2) is 0 Å². The van der Waals surface area contributed by atoms with Crippen molar-refractivity contribution < 1.29 is 4.79 Å². The Kier molecular flexibility index (Phi) is 4.00. The molecule has 0 saturated carbocycles. The molecule has 1 heterocycles. The van der Waals surface area contributed by atoms with Crippen molar-refractivity contribution in [3.8, 4) is 0 Å². The minimum absolute atomic E-state index is 0.245. The molecule has 0 N–H and O–H groups in total. The first-order chi connectivity index (χ1) is 7.23. The molecule has 0 bridgehead atoms. The number of likely N-dealkylation sites (tertiary alicyclic amines) is 1. The standard InChI is InChI=1S/C13H26N2O/c1-10-9-15(12(16)13(2,3)4)8-7-11(10)14(5)6/h10-11H,7-9H2,1-6H3. The lowest BCUT2D eigenvalue weighted by molar-refractivity contribution is -0.142. The molecule has 2 atom stereocenters. The van der Waals surface area contributed by atoms with Crippen LogP contribution in [-0.2, 0) is 4.79 Å². The fraction of sp³-hybridized carbons (Fsp3) is 0.923. The summed E-state index contributed by atoms with van der Waals surface area (Å²) >= 11 is 0. The number of nitrogens with zero attached hydrogens (tertiary/aromatic N) is 2. The summed E-state index contributed by atoms with van der Waals surface area (Å²) in [5, 5.41) is 0. The van der Waals surface area contributed by atoms with Crippen molar-refractivity contribution in [2.75, 3.05) is 27.2 Å². The van der Waals surface area contributed by atoms with Crippen molar-refractivity contribution >= 4 is 5.91 Å². The molecule has 1 aliphatic rings. The zero-order valence-electron chi connectivity index (χ0n) is 11.6. The number of hydrogen-bond donors (Lipinski definition) is 0. The Morgan fingerprint density at radius 2 is 1.88 bits per heavy atom. The molecule has 1 amide bonds. The van der Waals surface area contributed by atoms with Crippen LogP contribution in [0.3, 0.4) is 0 Å². The third-order valence-corrected chi connectivity index (χ3v) is 3.45. The van der Waals surface area contributed by atoms with Crippen LogP contribution in [-0.4, -0.2) is 48.9 Å². The van der Waals surface area contributed by atoms with E-state index in [2.05, 4.69) is 25.9 Å². The van der Waals surface area contributed by atoms with Crippen LogP contribution in [0.4, 0.5) is 0 Å². The molecule has 2 unspecified atom stereocenters. The van der Waals surface area contributed by atoms with Crippen LogP contribution in [0.1, 0.15) is 34.1 Å². The van der Waals surface area contributed by atoms with Gasteiger partial charge in [-0.1, -0.05) is 27.7 Å². The van der Waals surface area contributed by atoms with Gasteiger partial charge in [-0.3, -0.25) is 4.79 Å². The van der Waals surface area contributed by atoms with Crippen LogP contribution in [0, 0.1) is 11.3 Å². The number of amides is 1. The molecular weight excluding hydrogens is 200 g/mol. The molecular formula is C13H26N2O. The van der Waals surface area contributed by atoms with Gasteiger partial charge in [0.25, 0.3) is 0 Å². The maximum atomic E-state index is 12.2. The molecule has 1 saturated heterocycles. The zero-order valence-corrected chi connectivity index (χ0v) is 11.6. The molecule has 0 aromatic heterocycles. The fourth-order valence-corrected chi connectivity index (χ4v) is 2.56. The highest BCUT2D eigenvalue weighted by molar-refractivity contribution is 5.81. The summed E-state index contributed by atoms with van der Waals surface area (Å²) < 4.78 is 0. The maximum Gasteiger partial charge on any atom is 0.227 e. The lowest BCUT2D eigenvalue weighted by Crippen LogP contribution is -2.52. The summed E-state index contributed by atoms with van der Waals surface area (Å²) in [5.74, 6) is 0.853. The Morgan fingerprint density at radius 3 is 2.25 bits per heavy atom. The molecule has 0 aromatic rings. The van der Waals surface area contributed by atoms with Gasteiger partial charge in [0, 0.05) is 24.5 Å². The average molecular weight is 226 g/mol. The number of rotatable bonds is 1. The van der Waals surface area contributed by atoms with E-state index in [1.54, 1.807) is 0 Å². The first-order valence-electron chi connectivity index (χ1n) is 6.19. The fourth-order valence-electron chi connectivity index (χ4n) is 2.56. The summed E-state index contributed by atoms with van der Waals surface area (Å²) in [4.78, 5) is 16.5. The smallest absolute Gasteiger partial charge is 0.227 e. The third kappa shape index (κ3) is 2.97. The molecule has 0 radical (unpaired) electrons. The van der Waals surface area contributed by atoms with Gasteiger partial charge < -0.3 is 9.80 Å². The van der Waals surface area contributed by atoms with Crippen molar-refractivity contribution in [1.82, 2.24) is 9.80 Å². The third-order valence-electron chi connectivity index (χ3n) is 3.45. The predicted molar refractivity (Wildman–Crippen MR) is 67.3 cm³/mol. The van der Waals surface area contributed by atoms with Crippen LogP contribution in [0.25, 0.3) is 0 Å². The SMILES string of the molecule is CC1CN(C(=O)C(C)(C)C)CCC1N(C)C. The molecule has 0 aromatic carbocycles.